The van der Waals surface area contributed by atoms with Crippen LogP contribution in [0.1, 0.15) is 0 Å². The minimum absolute atomic E-state index is 0.112. The lowest BCUT2D eigenvalue weighted by atomic mass is 10.3. The third-order valence-electron chi connectivity index (χ3n) is 1.94. The number of aryl methyl sites for hydroxylation is 1. The molecule has 0 saturated heterocycles. The lowest BCUT2D eigenvalue weighted by molar-refractivity contribution is 0.881. The molecule has 0 saturated carbocycles. The minimum Gasteiger partial charge on any atom is -0.308 e. The second kappa shape index (κ2) is 2.96. The second-order valence-electron chi connectivity index (χ2n) is 2.76. The van der Waals surface area contributed by atoms with E-state index in [-0.39, 0.29) is 5.56 Å². The Labute approximate surface area is 83.2 Å². The molecule has 2 aromatic rings. The van der Waals surface area contributed by atoms with E-state index in [4.69, 9.17) is 0 Å². The van der Waals surface area contributed by atoms with E-state index in [2.05, 4.69) is 20.9 Å². The number of benzene rings is 1. The standard InChI is InChI=1S/C9H7BrN2O/c1-12-7-5-3-2-4-6(7)11-8(10)9(12)13/h2-5H,1H3. The second-order valence-corrected chi connectivity index (χ2v) is 3.51. The first-order valence-corrected chi connectivity index (χ1v) is 4.61. The van der Waals surface area contributed by atoms with Crippen molar-refractivity contribution in [2.24, 2.45) is 7.05 Å². The summed E-state index contributed by atoms with van der Waals surface area (Å²) in [5.74, 6) is 0. The van der Waals surface area contributed by atoms with Gasteiger partial charge in [0.15, 0.2) is 4.60 Å². The lowest BCUT2D eigenvalue weighted by Gasteiger charge is -2.03. The first kappa shape index (κ1) is 8.44. The summed E-state index contributed by atoms with van der Waals surface area (Å²) in [7, 11) is 1.73. The zero-order valence-corrected chi connectivity index (χ0v) is 8.58. The Morgan fingerprint density at radius 1 is 1.38 bits per heavy atom. The smallest absolute Gasteiger partial charge is 0.283 e. The van der Waals surface area contributed by atoms with Gasteiger partial charge in [-0.15, -0.1) is 0 Å². The van der Waals surface area contributed by atoms with E-state index < -0.39 is 0 Å². The molecule has 3 nitrogen and oxygen atoms in total. The van der Waals surface area contributed by atoms with Gasteiger partial charge < -0.3 is 4.57 Å². The Morgan fingerprint density at radius 2 is 2.08 bits per heavy atom. The van der Waals surface area contributed by atoms with Crippen LogP contribution in [0.5, 0.6) is 0 Å². The van der Waals surface area contributed by atoms with Gasteiger partial charge in [-0.25, -0.2) is 4.98 Å². The molecule has 2 rings (SSSR count). The third-order valence-corrected chi connectivity index (χ3v) is 2.46. The largest absolute Gasteiger partial charge is 0.308 e. The molecule has 0 amide bonds. The summed E-state index contributed by atoms with van der Waals surface area (Å²) < 4.78 is 1.93. The molecule has 1 aromatic carbocycles. The van der Waals surface area contributed by atoms with Crippen LogP contribution in [0.2, 0.25) is 0 Å². The van der Waals surface area contributed by atoms with Crippen molar-refractivity contribution in [3.05, 3.63) is 39.2 Å². The molecular weight excluding hydrogens is 232 g/mol. The molecule has 0 bridgehead atoms. The van der Waals surface area contributed by atoms with Crippen LogP contribution in [0.25, 0.3) is 11.0 Å². The molecule has 0 aliphatic carbocycles. The number of aromatic nitrogens is 2. The van der Waals surface area contributed by atoms with Crippen LogP contribution in [-0.4, -0.2) is 9.55 Å². The van der Waals surface area contributed by atoms with Gasteiger partial charge in [0.1, 0.15) is 0 Å². The van der Waals surface area contributed by atoms with E-state index >= 15 is 0 Å². The summed E-state index contributed by atoms with van der Waals surface area (Å²) in [6, 6.07) is 7.53. The van der Waals surface area contributed by atoms with Gasteiger partial charge in [-0.1, -0.05) is 12.1 Å². The molecule has 0 unspecified atom stereocenters. The van der Waals surface area contributed by atoms with Crippen LogP contribution in [-0.2, 0) is 7.05 Å². The van der Waals surface area contributed by atoms with Gasteiger partial charge in [-0.3, -0.25) is 4.79 Å². The van der Waals surface area contributed by atoms with E-state index in [1.807, 2.05) is 24.3 Å². The van der Waals surface area contributed by atoms with Gasteiger partial charge in [0.05, 0.1) is 11.0 Å². The zero-order valence-electron chi connectivity index (χ0n) is 6.99. The molecular formula is C9H7BrN2O. The van der Waals surface area contributed by atoms with Crippen LogP contribution >= 0.6 is 15.9 Å². The van der Waals surface area contributed by atoms with Crippen molar-refractivity contribution in [2.45, 2.75) is 0 Å². The molecule has 0 atom stereocenters. The Morgan fingerprint density at radius 3 is 2.85 bits per heavy atom. The minimum atomic E-state index is -0.112. The Hall–Kier alpha value is -1.16. The van der Waals surface area contributed by atoms with Gasteiger partial charge in [0.25, 0.3) is 5.56 Å². The first-order valence-electron chi connectivity index (χ1n) is 3.81. The SMILES string of the molecule is Cn1c(=O)c(Br)nc2ccccc21. The number of para-hydroxylation sites is 2. The Kier molecular flexibility index (Phi) is 1.92. The topological polar surface area (TPSA) is 34.9 Å². The third kappa shape index (κ3) is 1.27. The number of fused-ring (bicyclic) bond motifs is 1. The Balaban J connectivity index is 3.02. The van der Waals surface area contributed by atoms with Gasteiger partial charge in [0, 0.05) is 7.05 Å². The van der Waals surface area contributed by atoms with Gasteiger partial charge in [0.2, 0.25) is 0 Å². The molecule has 0 fully saturated rings. The van der Waals surface area contributed by atoms with Crippen LogP contribution in [0.4, 0.5) is 0 Å². The number of nitrogens with zero attached hydrogens (tertiary/aromatic N) is 2. The van der Waals surface area contributed by atoms with Crippen molar-refractivity contribution in [3.8, 4) is 0 Å². The van der Waals surface area contributed by atoms with Crippen LogP contribution in [0.3, 0.4) is 0 Å². The highest BCUT2D eigenvalue weighted by Crippen LogP contribution is 2.10. The fraction of sp³-hybridized carbons (Fsp3) is 0.111. The van der Waals surface area contributed by atoms with Crippen molar-refractivity contribution < 1.29 is 0 Å². The molecule has 0 radical (unpaired) electrons. The number of halogens is 1. The quantitative estimate of drug-likeness (QED) is 0.701. The summed E-state index contributed by atoms with van der Waals surface area (Å²) >= 11 is 3.12. The molecule has 1 aromatic heterocycles. The van der Waals surface area contributed by atoms with E-state index in [0.29, 0.717) is 4.60 Å². The fourth-order valence-corrected chi connectivity index (χ4v) is 1.70. The predicted octanol–water partition coefficient (Wildman–Crippen LogP) is 1.70. The first-order chi connectivity index (χ1) is 6.20. The summed E-state index contributed by atoms with van der Waals surface area (Å²) in [6.45, 7) is 0. The van der Waals surface area contributed by atoms with Crippen LogP contribution < -0.4 is 5.56 Å². The van der Waals surface area contributed by atoms with Crippen molar-refractivity contribution in [3.63, 3.8) is 0 Å². The maximum atomic E-state index is 11.4. The molecule has 0 aliphatic heterocycles. The molecule has 0 spiro atoms. The highest BCUT2D eigenvalue weighted by atomic mass is 79.9. The van der Waals surface area contributed by atoms with E-state index in [0.717, 1.165) is 11.0 Å². The summed E-state index contributed by atoms with van der Waals surface area (Å²) in [6.07, 6.45) is 0. The van der Waals surface area contributed by atoms with Crippen molar-refractivity contribution in [2.75, 3.05) is 0 Å². The molecule has 4 heteroatoms. The average Bonchev–Trinajstić information content (AvgIpc) is 2.15. The van der Waals surface area contributed by atoms with Crippen LogP contribution in [0.15, 0.2) is 33.7 Å². The van der Waals surface area contributed by atoms with Gasteiger partial charge in [-0.2, -0.15) is 0 Å². The summed E-state index contributed by atoms with van der Waals surface area (Å²) in [5, 5.41) is 0. The molecule has 66 valence electrons. The van der Waals surface area contributed by atoms with Gasteiger partial charge >= 0.3 is 0 Å². The molecule has 0 N–H and O–H groups in total. The van der Waals surface area contributed by atoms with E-state index in [1.165, 1.54) is 0 Å². The van der Waals surface area contributed by atoms with Crippen molar-refractivity contribution in [1.82, 2.24) is 9.55 Å². The maximum Gasteiger partial charge on any atom is 0.283 e. The normalized spacial score (nSPS) is 10.6. The number of rotatable bonds is 0. The van der Waals surface area contributed by atoms with E-state index in [1.54, 1.807) is 11.6 Å². The highest BCUT2D eigenvalue weighted by Gasteiger charge is 2.03. The van der Waals surface area contributed by atoms with Crippen LogP contribution in [0, 0.1) is 0 Å². The fourth-order valence-electron chi connectivity index (χ4n) is 1.24. The predicted molar refractivity (Wildman–Crippen MR) is 54.7 cm³/mol. The molecule has 0 aliphatic rings. The summed E-state index contributed by atoms with van der Waals surface area (Å²) in [5.41, 5.74) is 1.55. The molecule has 1 heterocycles. The van der Waals surface area contributed by atoms with Crippen molar-refractivity contribution >= 4 is 27.0 Å². The average molecular weight is 239 g/mol. The Bertz CT molecular complexity index is 518. The summed E-state index contributed by atoms with van der Waals surface area (Å²) in [4.78, 5) is 15.6. The highest BCUT2D eigenvalue weighted by molar-refractivity contribution is 9.10. The molecule has 13 heavy (non-hydrogen) atoms. The number of hydrogen-bond acceptors (Lipinski definition) is 2. The number of hydrogen-bond donors (Lipinski definition) is 0. The lowest BCUT2D eigenvalue weighted by Crippen LogP contribution is -2.18. The zero-order chi connectivity index (χ0) is 9.42. The maximum absolute atomic E-state index is 11.4. The van der Waals surface area contributed by atoms with Crippen molar-refractivity contribution in [1.29, 1.82) is 0 Å². The van der Waals surface area contributed by atoms with E-state index in [9.17, 15) is 4.79 Å². The monoisotopic (exact) mass is 238 g/mol. The van der Waals surface area contributed by atoms with Gasteiger partial charge in [-0.05, 0) is 28.1 Å².